The third-order valence-corrected chi connectivity index (χ3v) is 8.31. The van der Waals surface area contributed by atoms with E-state index in [0.29, 0.717) is 0 Å². The quantitative estimate of drug-likeness (QED) is 0.200. The van der Waals surface area contributed by atoms with Gasteiger partial charge in [0, 0.05) is 5.92 Å². The van der Waals surface area contributed by atoms with Gasteiger partial charge in [-0.1, -0.05) is 78.9 Å². The van der Waals surface area contributed by atoms with Gasteiger partial charge < -0.3 is 19.4 Å². The van der Waals surface area contributed by atoms with Crippen LogP contribution in [0.2, 0.25) is 0 Å². The molecule has 0 spiro atoms. The number of fused-ring (bicyclic) bond motifs is 3. The predicted octanol–water partition coefficient (Wildman–Crippen LogP) is 5.17. The van der Waals surface area contributed by atoms with Crippen LogP contribution in [0.25, 0.3) is 11.1 Å². The Balaban J connectivity index is 1.38. The molecule has 0 amide bonds. The van der Waals surface area contributed by atoms with E-state index in [2.05, 4.69) is 0 Å². The molecule has 0 bridgehead atoms. The third-order valence-electron chi connectivity index (χ3n) is 7.05. The largest absolute Gasteiger partial charge is 0.463 e. The Hall–Kier alpha value is -4.47. The summed E-state index contributed by atoms with van der Waals surface area (Å²) in [5.74, 6) is -3.03. The zero-order valence-corrected chi connectivity index (χ0v) is 24.0. The van der Waals surface area contributed by atoms with Gasteiger partial charge in [-0.2, -0.15) is 8.42 Å². The summed E-state index contributed by atoms with van der Waals surface area (Å²) in [5, 5.41) is 0. The number of carbonyl (C=O) groups excluding carboxylic acids is 2. The maximum Gasteiger partial charge on any atom is 0.339 e. The third kappa shape index (κ3) is 6.07. The molecule has 0 heterocycles. The average molecular weight is 586 g/mol. The van der Waals surface area contributed by atoms with E-state index in [-0.39, 0.29) is 28.7 Å². The highest BCUT2D eigenvalue weighted by Crippen LogP contribution is 2.44. The standard InChI is InChI=1S/C33H31NO7S/c1-21(2)40-32(35)30(22-11-10-12-23(19-22)41-42(37,38)24-13-4-3-5-14-24)31(34)33(36)39-20-29-27-17-8-6-15-25(27)26-16-7-9-18-28(26)29/h3-19,21,29-31H,20,34H2,1-2H3. The summed E-state index contributed by atoms with van der Waals surface area (Å²) in [6.45, 7) is 3.39. The average Bonchev–Trinajstić information content (AvgIpc) is 3.29. The van der Waals surface area contributed by atoms with Crippen molar-refractivity contribution < 1.29 is 31.7 Å². The van der Waals surface area contributed by atoms with Gasteiger partial charge in [0.1, 0.15) is 29.2 Å². The van der Waals surface area contributed by atoms with Gasteiger partial charge in [0.15, 0.2) is 0 Å². The lowest BCUT2D eigenvalue weighted by Gasteiger charge is -2.24. The molecular formula is C33H31NO7S. The Bertz CT molecular complexity index is 1660. The molecular weight excluding hydrogens is 554 g/mol. The van der Waals surface area contributed by atoms with Crippen LogP contribution >= 0.6 is 0 Å². The lowest BCUT2D eigenvalue weighted by atomic mass is 9.91. The molecule has 0 radical (unpaired) electrons. The molecule has 2 unspecified atom stereocenters. The van der Waals surface area contributed by atoms with Crippen LogP contribution in [0.5, 0.6) is 5.75 Å². The second kappa shape index (κ2) is 12.2. The van der Waals surface area contributed by atoms with Crippen molar-refractivity contribution in [3.63, 3.8) is 0 Å². The number of esters is 2. The molecule has 42 heavy (non-hydrogen) atoms. The summed E-state index contributed by atoms with van der Waals surface area (Å²) in [6, 6.07) is 28.0. The van der Waals surface area contributed by atoms with Gasteiger partial charge >= 0.3 is 22.1 Å². The Morgan fingerprint density at radius 2 is 1.38 bits per heavy atom. The smallest absolute Gasteiger partial charge is 0.339 e. The molecule has 0 saturated carbocycles. The summed E-state index contributed by atoms with van der Waals surface area (Å²) in [4.78, 5) is 26.6. The highest BCUT2D eigenvalue weighted by Gasteiger charge is 2.37. The first kappa shape index (κ1) is 29.0. The lowest BCUT2D eigenvalue weighted by Crippen LogP contribution is -2.43. The summed E-state index contributed by atoms with van der Waals surface area (Å²) in [7, 11) is -4.14. The van der Waals surface area contributed by atoms with Crippen molar-refractivity contribution in [2.75, 3.05) is 6.61 Å². The van der Waals surface area contributed by atoms with Crippen LogP contribution in [0.3, 0.4) is 0 Å². The van der Waals surface area contributed by atoms with Crippen LogP contribution in [-0.2, 0) is 29.2 Å². The van der Waals surface area contributed by atoms with Gasteiger partial charge in [-0.15, -0.1) is 0 Å². The Morgan fingerprint density at radius 1 is 0.786 bits per heavy atom. The van der Waals surface area contributed by atoms with Crippen molar-refractivity contribution in [1.29, 1.82) is 0 Å². The molecule has 2 N–H and O–H groups in total. The van der Waals surface area contributed by atoms with E-state index < -0.39 is 40.1 Å². The van der Waals surface area contributed by atoms with Crippen LogP contribution in [0.4, 0.5) is 0 Å². The predicted molar refractivity (Wildman–Crippen MR) is 157 cm³/mol. The fraction of sp³-hybridized carbons (Fsp3) is 0.212. The number of ether oxygens (including phenoxy) is 2. The zero-order valence-electron chi connectivity index (χ0n) is 23.2. The van der Waals surface area contributed by atoms with E-state index in [1.807, 2.05) is 48.5 Å². The molecule has 1 aliphatic carbocycles. The molecule has 0 saturated heterocycles. The van der Waals surface area contributed by atoms with Crippen molar-refractivity contribution in [3.05, 3.63) is 120 Å². The van der Waals surface area contributed by atoms with Crippen molar-refractivity contribution in [2.24, 2.45) is 5.73 Å². The van der Waals surface area contributed by atoms with Crippen molar-refractivity contribution in [3.8, 4) is 16.9 Å². The molecule has 4 aromatic carbocycles. The molecule has 8 nitrogen and oxygen atoms in total. The zero-order chi connectivity index (χ0) is 29.9. The van der Waals surface area contributed by atoms with Gasteiger partial charge in [-0.25, -0.2) is 0 Å². The van der Waals surface area contributed by atoms with Gasteiger partial charge in [0.05, 0.1) is 6.10 Å². The number of rotatable bonds is 10. The molecule has 1 aliphatic rings. The summed E-state index contributed by atoms with van der Waals surface area (Å²) in [5.41, 5.74) is 10.9. The maximum atomic E-state index is 13.3. The molecule has 0 aliphatic heterocycles. The molecule has 216 valence electrons. The molecule has 9 heteroatoms. The monoisotopic (exact) mass is 585 g/mol. The number of hydrogen-bond acceptors (Lipinski definition) is 8. The van der Waals surface area contributed by atoms with E-state index >= 15 is 0 Å². The second-order valence-corrected chi connectivity index (χ2v) is 11.8. The number of hydrogen-bond donors (Lipinski definition) is 1. The highest BCUT2D eigenvalue weighted by atomic mass is 32.2. The van der Waals surface area contributed by atoms with E-state index in [1.165, 1.54) is 30.3 Å². The number of nitrogens with two attached hydrogens (primary N) is 1. The molecule has 4 aromatic rings. The summed E-state index contributed by atoms with van der Waals surface area (Å²) >= 11 is 0. The van der Waals surface area contributed by atoms with Crippen molar-refractivity contribution in [2.45, 2.75) is 42.7 Å². The minimum absolute atomic E-state index is 0.0264. The summed E-state index contributed by atoms with van der Waals surface area (Å²) in [6.07, 6.45) is -0.479. The minimum atomic E-state index is -4.14. The molecule has 0 fully saturated rings. The van der Waals surface area contributed by atoms with Gasteiger partial charge in [0.2, 0.25) is 0 Å². The first-order valence-electron chi connectivity index (χ1n) is 13.6. The highest BCUT2D eigenvalue weighted by molar-refractivity contribution is 7.87. The number of carbonyl (C=O) groups is 2. The Morgan fingerprint density at radius 3 is 2.00 bits per heavy atom. The SMILES string of the molecule is CC(C)OC(=O)C(c1cccc(OS(=O)(=O)c2ccccc2)c1)C(N)C(=O)OCC1c2ccccc2-c2ccccc21. The second-order valence-electron chi connectivity index (χ2n) is 10.3. The van der Waals surface area contributed by atoms with Crippen LogP contribution in [0.1, 0.15) is 42.4 Å². The topological polar surface area (TPSA) is 122 Å². The van der Waals surface area contributed by atoms with Gasteiger partial charge in [0.25, 0.3) is 0 Å². The summed E-state index contributed by atoms with van der Waals surface area (Å²) < 4.78 is 42.0. The Kier molecular flexibility index (Phi) is 8.42. The molecule has 0 aromatic heterocycles. The van der Waals surface area contributed by atoms with E-state index in [9.17, 15) is 18.0 Å². The number of benzene rings is 4. The minimum Gasteiger partial charge on any atom is -0.463 e. The lowest BCUT2D eigenvalue weighted by molar-refractivity contribution is -0.156. The fourth-order valence-electron chi connectivity index (χ4n) is 5.15. The van der Waals surface area contributed by atoms with Crippen LogP contribution < -0.4 is 9.92 Å². The van der Waals surface area contributed by atoms with E-state index in [1.54, 1.807) is 38.1 Å². The normalized spacial score (nSPS) is 14.0. The first-order chi connectivity index (χ1) is 20.2. The van der Waals surface area contributed by atoms with Crippen molar-refractivity contribution >= 4 is 22.1 Å². The fourth-order valence-corrected chi connectivity index (χ4v) is 6.10. The Labute approximate surface area is 245 Å². The van der Waals surface area contributed by atoms with Crippen LogP contribution in [0, 0.1) is 0 Å². The van der Waals surface area contributed by atoms with E-state index in [0.717, 1.165) is 22.3 Å². The molecule has 2 atom stereocenters. The van der Waals surface area contributed by atoms with E-state index in [4.69, 9.17) is 19.4 Å². The van der Waals surface area contributed by atoms with Gasteiger partial charge in [-0.3, -0.25) is 9.59 Å². The van der Waals surface area contributed by atoms with Gasteiger partial charge in [-0.05, 0) is 65.9 Å². The van der Waals surface area contributed by atoms with Crippen LogP contribution in [0.15, 0.2) is 108 Å². The first-order valence-corrected chi connectivity index (χ1v) is 15.0. The van der Waals surface area contributed by atoms with Crippen molar-refractivity contribution in [1.82, 2.24) is 0 Å². The maximum absolute atomic E-state index is 13.3. The van der Waals surface area contributed by atoms with Crippen LogP contribution in [-0.4, -0.2) is 39.1 Å². The molecule has 5 rings (SSSR count).